The predicted molar refractivity (Wildman–Crippen MR) is 89.5 cm³/mol. The number of thioether (sulfide) groups is 1. The van der Waals surface area contributed by atoms with Crippen molar-refractivity contribution >= 4 is 29.5 Å². The first-order valence-electron chi connectivity index (χ1n) is 7.64. The molecule has 1 atom stereocenters. The van der Waals surface area contributed by atoms with E-state index >= 15 is 0 Å². The van der Waals surface area contributed by atoms with E-state index in [1.165, 1.54) is 12.1 Å². The summed E-state index contributed by atoms with van der Waals surface area (Å²) in [6, 6.07) is 2.35. The molecule has 7 nitrogen and oxygen atoms in total. The van der Waals surface area contributed by atoms with Crippen molar-refractivity contribution in [3.05, 3.63) is 23.7 Å². The van der Waals surface area contributed by atoms with Crippen LogP contribution in [0.3, 0.4) is 0 Å². The maximum Gasteiger partial charge on any atom is 0.371 e. The highest BCUT2D eigenvalue weighted by Crippen LogP contribution is 2.26. The standard InChI is InChI=1S/C16H22N2O5S/c1-16(2,3)6-13(19)18-9-24-8-11(18)14(20)17-7-10-4-5-12(23-10)15(21)22/h4-5,11H,6-9H2,1-3H3,(H,17,20)(H,21,22). The summed E-state index contributed by atoms with van der Waals surface area (Å²) in [6.07, 6.45) is 0.386. The summed E-state index contributed by atoms with van der Waals surface area (Å²) in [5.41, 5.74) is -0.132. The smallest absolute Gasteiger partial charge is 0.371 e. The van der Waals surface area contributed by atoms with Crippen LogP contribution in [-0.2, 0) is 16.1 Å². The summed E-state index contributed by atoms with van der Waals surface area (Å²) in [5.74, 6) is -0.179. The number of carbonyl (C=O) groups is 3. The van der Waals surface area contributed by atoms with Crippen LogP contribution in [0.4, 0.5) is 0 Å². The Morgan fingerprint density at radius 1 is 1.38 bits per heavy atom. The zero-order valence-electron chi connectivity index (χ0n) is 14.0. The number of furan rings is 1. The molecule has 1 unspecified atom stereocenters. The fraction of sp³-hybridized carbons (Fsp3) is 0.562. The maximum absolute atomic E-state index is 12.4. The number of carboxylic acid groups (broad SMARTS) is 1. The van der Waals surface area contributed by atoms with Crippen LogP contribution in [0, 0.1) is 5.41 Å². The molecule has 1 aliphatic heterocycles. The van der Waals surface area contributed by atoms with Crippen molar-refractivity contribution in [1.29, 1.82) is 0 Å². The molecule has 0 bridgehead atoms. The van der Waals surface area contributed by atoms with Gasteiger partial charge in [-0.3, -0.25) is 9.59 Å². The van der Waals surface area contributed by atoms with Crippen LogP contribution in [0.25, 0.3) is 0 Å². The lowest BCUT2D eigenvalue weighted by atomic mass is 9.91. The number of carboxylic acids is 1. The van der Waals surface area contributed by atoms with Crippen molar-refractivity contribution in [3.8, 4) is 0 Å². The zero-order chi connectivity index (χ0) is 17.9. The van der Waals surface area contributed by atoms with Crippen molar-refractivity contribution in [2.24, 2.45) is 5.41 Å². The van der Waals surface area contributed by atoms with E-state index in [0.717, 1.165) is 0 Å². The number of aromatic carboxylic acids is 1. The van der Waals surface area contributed by atoms with E-state index in [1.807, 2.05) is 20.8 Å². The minimum atomic E-state index is -1.15. The normalized spacial score (nSPS) is 17.8. The second-order valence-electron chi connectivity index (χ2n) is 6.91. The molecule has 2 rings (SSSR count). The molecule has 1 aromatic heterocycles. The molecule has 2 heterocycles. The van der Waals surface area contributed by atoms with Gasteiger partial charge in [0.15, 0.2) is 0 Å². The first-order valence-corrected chi connectivity index (χ1v) is 8.80. The van der Waals surface area contributed by atoms with Gasteiger partial charge in [0.05, 0.1) is 12.4 Å². The quantitative estimate of drug-likeness (QED) is 0.838. The number of nitrogens with one attached hydrogen (secondary N) is 1. The Hall–Kier alpha value is -1.96. The van der Waals surface area contributed by atoms with E-state index in [-0.39, 0.29) is 29.5 Å². The first kappa shape index (κ1) is 18.4. The highest BCUT2D eigenvalue weighted by Gasteiger charge is 2.35. The number of rotatable bonds is 5. The predicted octanol–water partition coefficient (Wildman–Crippen LogP) is 1.93. The average Bonchev–Trinajstić information content (AvgIpc) is 3.12. The Balaban J connectivity index is 1.92. The Morgan fingerprint density at radius 2 is 2.08 bits per heavy atom. The third-order valence-corrected chi connectivity index (χ3v) is 4.51. The highest BCUT2D eigenvalue weighted by molar-refractivity contribution is 7.99. The molecule has 1 aliphatic rings. The summed E-state index contributed by atoms with van der Waals surface area (Å²) in [7, 11) is 0. The number of nitrogens with zero attached hydrogens (tertiary/aromatic N) is 1. The molecule has 0 saturated carbocycles. The minimum Gasteiger partial charge on any atom is -0.475 e. The fourth-order valence-electron chi connectivity index (χ4n) is 2.34. The van der Waals surface area contributed by atoms with E-state index < -0.39 is 12.0 Å². The summed E-state index contributed by atoms with van der Waals surface area (Å²) in [5, 5.41) is 11.5. The van der Waals surface area contributed by atoms with Gasteiger partial charge in [0.25, 0.3) is 0 Å². The fourth-order valence-corrected chi connectivity index (χ4v) is 3.52. The van der Waals surface area contributed by atoms with Gasteiger partial charge in [-0.25, -0.2) is 4.79 Å². The Labute approximate surface area is 144 Å². The molecule has 1 aromatic rings. The second kappa shape index (κ2) is 7.29. The van der Waals surface area contributed by atoms with Gasteiger partial charge in [-0.05, 0) is 17.5 Å². The summed E-state index contributed by atoms with van der Waals surface area (Å²) < 4.78 is 5.10. The van der Waals surface area contributed by atoms with Crippen LogP contribution in [0.1, 0.15) is 43.5 Å². The maximum atomic E-state index is 12.4. The Morgan fingerprint density at radius 3 is 2.67 bits per heavy atom. The van der Waals surface area contributed by atoms with E-state index in [1.54, 1.807) is 16.7 Å². The molecular formula is C16H22N2O5S. The molecular weight excluding hydrogens is 332 g/mol. The van der Waals surface area contributed by atoms with Gasteiger partial charge in [-0.15, -0.1) is 11.8 Å². The summed E-state index contributed by atoms with van der Waals surface area (Å²) in [4.78, 5) is 37.1. The lowest BCUT2D eigenvalue weighted by Crippen LogP contribution is -2.47. The van der Waals surface area contributed by atoms with E-state index in [0.29, 0.717) is 23.8 Å². The molecule has 0 spiro atoms. The van der Waals surface area contributed by atoms with Crippen molar-refractivity contribution in [2.75, 3.05) is 11.6 Å². The SMILES string of the molecule is CC(C)(C)CC(=O)N1CSCC1C(=O)NCc1ccc(C(=O)O)o1. The molecule has 0 radical (unpaired) electrons. The Bertz CT molecular complexity index is 635. The van der Waals surface area contributed by atoms with Gasteiger partial charge in [-0.2, -0.15) is 0 Å². The highest BCUT2D eigenvalue weighted by atomic mass is 32.2. The van der Waals surface area contributed by atoms with E-state index in [4.69, 9.17) is 9.52 Å². The van der Waals surface area contributed by atoms with Gasteiger partial charge in [-0.1, -0.05) is 20.8 Å². The van der Waals surface area contributed by atoms with E-state index in [9.17, 15) is 14.4 Å². The molecule has 0 aliphatic carbocycles. The van der Waals surface area contributed by atoms with Crippen molar-refractivity contribution in [1.82, 2.24) is 10.2 Å². The van der Waals surface area contributed by atoms with Crippen LogP contribution < -0.4 is 5.32 Å². The van der Waals surface area contributed by atoms with Gasteiger partial charge in [0.2, 0.25) is 17.6 Å². The summed E-state index contributed by atoms with van der Waals surface area (Å²) in [6.45, 7) is 6.05. The molecule has 8 heteroatoms. The topological polar surface area (TPSA) is 99.9 Å². The monoisotopic (exact) mass is 354 g/mol. The molecule has 0 aromatic carbocycles. The molecule has 1 fully saturated rings. The van der Waals surface area contributed by atoms with Gasteiger partial charge >= 0.3 is 5.97 Å². The molecule has 2 amide bonds. The molecule has 24 heavy (non-hydrogen) atoms. The number of hydrogen-bond donors (Lipinski definition) is 2. The molecule has 1 saturated heterocycles. The second-order valence-corrected chi connectivity index (χ2v) is 7.91. The summed E-state index contributed by atoms with van der Waals surface area (Å²) >= 11 is 1.55. The van der Waals surface area contributed by atoms with E-state index in [2.05, 4.69) is 5.32 Å². The first-order chi connectivity index (χ1) is 11.2. The Kier molecular flexibility index (Phi) is 5.58. The lowest BCUT2D eigenvalue weighted by molar-refractivity contribution is -0.139. The van der Waals surface area contributed by atoms with Crippen LogP contribution >= 0.6 is 11.8 Å². The van der Waals surface area contributed by atoms with Gasteiger partial charge < -0.3 is 19.7 Å². The average molecular weight is 354 g/mol. The van der Waals surface area contributed by atoms with Crippen molar-refractivity contribution in [3.63, 3.8) is 0 Å². The zero-order valence-corrected chi connectivity index (χ0v) is 14.8. The minimum absolute atomic E-state index is 0.0289. The van der Waals surface area contributed by atoms with Crippen LogP contribution in [0.5, 0.6) is 0 Å². The van der Waals surface area contributed by atoms with Gasteiger partial charge in [0.1, 0.15) is 11.8 Å². The largest absolute Gasteiger partial charge is 0.475 e. The van der Waals surface area contributed by atoms with Crippen LogP contribution in [0.2, 0.25) is 0 Å². The van der Waals surface area contributed by atoms with Crippen molar-refractivity contribution < 1.29 is 23.9 Å². The molecule has 132 valence electrons. The number of amides is 2. The third-order valence-electron chi connectivity index (χ3n) is 3.50. The lowest BCUT2D eigenvalue weighted by Gasteiger charge is -2.26. The van der Waals surface area contributed by atoms with Crippen molar-refractivity contribution in [2.45, 2.75) is 39.8 Å². The third kappa shape index (κ3) is 4.77. The van der Waals surface area contributed by atoms with Crippen LogP contribution in [-0.4, -0.2) is 45.5 Å². The van der Waals surface area contributed by atoms with Crippen LogP contribution in [0.15, 0.2) is 16.5 Å². The number of hydrogen-bond acceptors (Lipinski definition) is 5. The van der Waals surface area contributed by atoms with Gasteiger partial charge in [0, 0.05) is 12.2 Å². The number of carbonyl (C=O) groups excluding carboxylic acids is 2. The molecule has 2 N–H and O–H groups in total.